The first-order valence-electron chi connectivity index (χ1n) is 5.53. The number of allylic oxidation sites excluding steroid dienone is 1. The minimum atomic E-state index is -0.141. The summed E-state index contributed by atoms with van der Waals surface area (Å²) in [6, 6.07) is 0. The zero-order chi connectivity index (χ0) is 9.47. The number of aliphatic hydroxyl groups is 1. The largest absolute Gasteiger partial charge is 0.389 e. The molecule has 0 aromatic heterocycles. The van der Waals surface area contributed by atoms with Crippen molar-refractivity contribution in [2.45, 2.75) is 52.1 Å². The van der Waals surface area contributed by atoms with Gasteiger partial charge < -0.3 is 5.11 Å². The van der Waals surface area contributed by atoms with Crippen LogP contribution >= 0.6 is 0 Å². The van der Waals surface area contributed by atoms with Gasteiger partial charge in [-0.3, -0.25) is 0 Å². The lowest BCUT2D eigenvalue weighted by molar-refractivity contribution is 0.181. The molecule has 0 aromatic rings. The van der Waals surface area contributed by atoms with E-state index in [2.05, 4.69) is 19.9 Å². The van der Waals surface area contributed by atoms with Crippen molar-refractivity contribution in [3.8, 4) is 0 Å². The van der Waals surface area contributed by atoms with Crippen LogP contribution in [0.1, 0.15) is 46.0 Å². The van der Waals surface area contributed by atoms with Gasteiger partial charge in [0, 0.05) is 0 Å². The van der Waals surface area contributed by atoms with Crippen molar-refractivity contribution < 1.29 is 5.11 Å². The summed E-state index contributed by atoms with van der Waals surface area (Å²) < 4.78 is 0. The summed E-state index contributed by atoms with van der Waals surface area (Å²) in [5.74, 6) is 0.752. The molecule has 0 unspecified atom stereocenters. The van der Waals surface area contributed by atoms with Gasteiger partial charge in [0.15, 0.2) is 0 Å². The smallest absolute Gasteiger partial charge is 0.0758 e. The summed E-state index contributed by atoms with van der Waals surface area (Å²) in [6.45, 7) is 4.42. The van der Waals surface area contributed by atoms with Gasteiger partial charge in [-0.05, 0) is 43.1 Å². The molecule has 0 amide bonds. The molecule has 1 N–H and O–H groups in total. The van der Waals surface area contributed by atoms with Crippen molar-refractivity contribution in [2.75, 3.05) is 0 Å². The Bertz CT molecular complexity index is 231. The summed E-state index contributed by atoms with van der Waals surface area (Å²) in [4.78, 5) is 0. The third kappa shape index (κ3) is 1.25. The average Bonchev–Trinajstić information content (AvgIpc) is 2.35. The van der Waals surface area contributed by atoms with Gasteiger partial charge in [0.05, 0.1) is 6.10 Å². The Kier molecular flexibility index (Phi) is 2.23. The van der Waals surface area contributed by atoms with E-state index in [-0.39, 0.29) is 6.10 Å². The Morgan fingerprint density at radius 1 is 1.46 bits per heavy atom. The summed E-state index contributed by atoms with van der Waals surface area (Å²) in [5.41, 5.74) is 1.66. The van der Waals surface area contributed by atoms with Crippen LogP contribution in [0.15, 0.2) is 11.6 Å². The van der Waals surface area contributed by atoms with Crippen molar-refractivity contribution in [1.82, 2.24) is 0 Å². The van der Waals surface area contributed by atoms with E-state index >= 15 is 0 Å². The standard InChI is InChI=1S/C12H20O/c1-3-10-11(13)8-9-6-4-5-7-12(9,10)2/h3,9,11,13H,4-8H2,1-2H3/t9-,11-,12-/m1/s1. The van der Waals surface area contributed by atoms with Crippen LogP contribution in [-0.2, 0) is 0 Å². The number of fused-ring (bicyclic) bond motifs is 1. The molecule has 1 heteroatoms. The maximum Gasteiger partial charge on any atom is 0.0758 e. The summed E-state index contributed by atoms with van der Waals surface area (Å²) in [5, 5.41) is 9.92. The van der Waals surface area contributed by atoms with E-state index in [1.807, 2.05) is 0 Å². The summed E-state index contributed by atoms with van der Waals surface area (Å²) in [6.07, 6.45) is 8.34. The number of hydrogen-bond acceptors (Lipinski definition) is 1. The fourth-order valence-corrected chi connectivity index (χ4v) is 3.46. The van der Waals surface area contributed by atoms with E-state index in [1.54, 1.807) is 0 Å². The van der Waals surface area contributed by atoms with Crippen molar-refractivity contribution in [3.05, 3.63) is 11.6 Å². The minimum absolute atomic E-state index is 0.141. The van der Waals surface area contributed by atoms with Crippen LogP contribution in [0.25, 0.3) is 0 Å². The molecule has 0 bridgehead atoms. The first-order valence-corrected chi connectivity index (χ1v) is 5.53. The van der Waals surface area contributed by atoms with Crippen molar-refractivity contribution in [2.24, 2.45) is 11.3 Å². The molecule has 1 nitrogen and oxygen atoms in total. The molecule has 0 aliphatic heterocycles. The van der Waals surface area contributed by atoms with Crippen LogP contribution in [-0.4, -0.2) is 11.2 Å². The SMILES string of the molecule is CC=C1[C@H](O)C[C@H]2CCCC[C@@]12C. The third-order valence-electron chi connectivity index (χ3n) is 4.24. The highest BCUT2D eigenvalue weighted by atomic mass is 16.3. The van der Waals surface area contributed by atoms with Crippen molar-refractivity contribution in [3.63, 3.8) is 0 Å². The van der Waals surface area contributed by atoms with Crippen LogP contribution in [0.5, 0.6) is 0 Å². The van der Waals surface area contributed by atoms with Crippen LogP contribution in [0.3, 0.4) is 0 Å². The topological polar surface area (TPSA) is 20.2 Å². The lowest BCUT2D eigenvalue weighted by Crippen LogP contribution is -2.27. The Hall–Kier alpha value is -0.300. The molecule has 13 heavy (non-hydrogen) atoms. The molecule has 2 fully saturated rings. The Morgan fingerprint density at radius 3 is 2.92 bits per heavy atom. The van der Waals surface area contributed by atoms with Crippen LogP contribution in [0.2, 0.25) is 0 Å². The number of rotatable bonds is 0. The molecule has 0 heterocycles. The van der Waals surface area contributed by atoms with Gasteiger partial charge in [0.2, 0.25) is 0 Å². The van der Waals surface area contributed by atoms with Gasteiger partial charge >= 0.3 is 0 Å². The van der Waals surface area contributed by atoms with Gasteiger partial charge in [-0.1, -0.05) is 25.8 Å². The molecule has 2 aliphatic carbocycles. The predicted molar refractivity (Wildman–Crippen MR) is 54.4 cm³/mol. The predicted octanol–water partition coefficient (Wildman–Crippen LogP) is 2.89. The van der Waals surface area contributed by atoms with Gasteiger partial charge in [-0.15, -0.1) is 0 Å². The first kappa shape index (κ1) is 9.26. The molecule has 74 valence electrons. The van der Waals surface area contributed by atoms with E-state index in [9.17, 15) is 5.11 Å². The third-order valence-corrected chi connectivity index (χ3v) is 4.24. The molecular formula is C12H20O. The van der Waals surface area contributed by atoms with Crippen LogP contribution in [0, 0.1) is 11.3 Å². The highest BCUT2D eigenvalue weighted by Crippen LogP contribution is 2.54. The van der Waals surface area contributed by atoms with E-state index in [4.69, 9.17) is 0 Å². The molecular weight excluding hydrogens is 160 g/mol. The van der Waals surface area contributed by atoms with E-state index in [0.717, 1.165) is 12.3 Å². The molecule has 0 aromatic carbocycles. The lowest BCUT2D eigenvalue weighted by Gasteiger charge is -2.37. The molecule has 2 rings (SSSR count). The zero-order valence-corrected chi connectivity index (χ0v) is 8.71. The maximum absolute atomic E-state index is 9.92. The van der Waals surface area contributed by atoms with E-state index in [1.165, 1.54) is 31.3 Å². The highest BCUT2D eigenvalue weighted by Gasteiger charge is 2.47. The van der Waals surface area contributed by atoms with Crippen molar-refractivity contribution >= 4 is 0 Å². The van der Waals surface area contributed by atoms with E-state index in [0.29, 0.717) is 5.41 Å². The second kappa shape index (κ2) is 3.13. The molecule has 2 aliphatic rings. The monoisotopic (exact) mass is 180 g/mol. The molecule has 2 saturated carbocycles. The van der Waals surface area contributed by atoms with Crippen molar-refractivity contribution in [1.29, 1.82) is 0 Å². The molecule has 0 spiro atoms. The van der Waals surface area contributed by atoms with Gasteiger partial charge in [0.25, 0.3) is 0 Å². The van der Waals surface area contributed by atoms with E-state index < -0.39 is 0 Å². The Balaban J connectivity index is 2.30. The van der Waals surface area contributed by atoms with Crippen LogP contribution < -0.4 is 0 Å². The molecule has 0 saturated heterocycles. The van der Waals surface area contributed by atoms with Gasteiger partial charge in [0.1, 0.15) is 0 Å². The fourth-order valence-electron chi connectivity index (χ4n) is 3.46. The second-order valence-corrected chi connectivity index (χ2v) is 4.86. The fraction of sp³-hybridized carbons (Fsp3) is 0.833. The van der Waals surface area contributed by atoms with Crippen LogP contribution in [0.4, 0.5) is 0 Å². The second-order valence-electron chi connectivity index (χ2n) is 4.86. The average molecular weight is 180 g/mol. The Morgan fingerprint density at radius 2 is 2.23 bits per heavy atom. The lowest BCUT2D eigenvalue weighted by atomic mass is 9.68. The van der Waals surface area contributed by atoms with Gasteiger partial charge in [-0.25, -0.2) is 0 Å². The molecule has 0 radical (unpaired) electrons. The zero-order valence-electron chi connectivity index (χ0n) is 8.71. The quantitative estimate of drug-likeness (QED) is 0.568. The summed E-state index contributed by atoms with van der Waals surface area (Å²) in [7, 11) is 0. The Labute approximate surface area is 80.8 Å². The first-order chi connectivity index (χ1) is 6.18. The minimum Gasteiger partial charge on any atom is -0.389 e. The highest BCUT2D eigenvalue weighted by molar-refractivity contribution is 5.25. The van der Waals surface area contributed by atoms with Gasteiger partial charge in [-0.2, -0.15) is 0 Å². The maximum atomic E-state index is 9.92. The summed E-state index contributed by atoms with van der Waals surface area (Å²) >= 11 is 0. The normalized spacial score (nSPS) is 48.1. The number of hydrogen-bond donors (Lipinski definition) is 1. The molecule has 3 atom stereocenters. The number of aliphatic hydroxyl groups excluding tert-OH is 1.